The van der Waals surface area contributed by atoms with E-state index in [1.54, 1.807) is 48.5 Å². The van der Waals surface area contributed by atoms with E-state index in [1.807, 2.05) is 0 Å². The molecule has 0 aliphatic heterocycles. The first kappa shape index (κ1) is 18.9. The van der Waals surface area contributed by atoms with Crippen LogP contribution in [-0.2, 0) is 11.3 Å². The van der Waals surface area contributed by atoms with Crippen LogP contribution in [0.1, 0.15) is 10.5 Å². The number of aliphatic hydroxyl groups is 1. The number of benzene rings is 2. The fourth-order valence-corrected chi connectivity index (χ4v) is 2.74. The lowest BCUT2D eigenvalue weighted by Crippen LogP contribution is -2.28. The average molecular weight is 389 g/mol. The van der Waals surface area contributed by atoms with Crippen molar-refractivity contribution in [3.8, 4) is 5.75 Å². The number of nitrogens with zero attached hydrogens (tertiary/aromatic N) is 2. The summed E-state index contributed by atoms with van der Waals surface area (Å²) < 4.78 is 11.8. The zero-order valence-electron chi connectivity index (χ0n) is 14.3. The Bertz CT molecular complexity index is 1020. The highest BCUT2D eigenvalue weighted by Gasteiger charge is 2.17. The number of rotatable bonds is 7. The van der Waals surface area contributed by atoms with Crippen molar-refractivity contribution >= 4 is 28.3 Å². The predicted molar refractivity (Wildman–Crippen MR) is 100 cm³/mol. The number of fused-ring (bicyclic) bond motifs is 1. The van der Waals surface area contributed by atoms with Crippen molar-refractivity contribution in [2.24, 2.45) is 0 Å². The van der Waals surface area contributed by atoms with Gasteiger partial charge in [0.2, 0.25) is 0 Å². The maximum Gasteiger partial charge on any atom is 0.359 e. The Labute approximate surface area is 159 Å². The summed E-state index contributed by atoms with van der Waals surface area (Å²) in [6.45, 7) is -0.187. The van der Waals surface area contributed by atoms with Gasteiger partial charge in [-0.2, -0.15) is 5.10 Å². The van der Waals surface area contributed by atoms with Crippen molar-refractivity contribution in [3.63, 3.8) is 0 Å². The summed E-state index contributed by atoms with van der Waals surface area (Å²) in [6.07, 6.45) is 0. The summed E-state index contributed by atoms with van der Waals surface area (Å²) in [5, 5.41) is 14.4. The van der Waals surface area contributed by atoms with E-state index in [-0.39, 0.29) is 37.6 Å². The highest BCUT2D eigenvalue weighted by Crippen LogP contribution is 2.22. The maximum atomic E-state index is 12.5. The predicted octanol–water partition coefficient (Wildman–Crippen LogP) is 2.28. The van der Waals surface area contributed by atoms with Gasteiger partial charge in [-0.3, -0.25) is 4.79 Å². The Kier molecular flexibility index (Phi) is 6.05. The van der Waals surface area contributed by atoms with Crippen molar-refractivity contribution in [2.45, 2.75) is 6.54 Å². The second kappa shape index (κ2) is 8.66. The van der Waals surface area contributed by atoms with Gasteiger partial charge in [-0.05, 0) is 18.2 Å². The first-order valence-electron chi connectivity index (χ1n) is 8.27. The van der Waals surface area contributed by atoms with E-state index in [0.29, 0.717) is 21.5 Å². The van der Waals surface area contributed by atoms with Crippen LogP contribution in [0.5, 0.6) is 5.75 Å². The molecule has 0 saturated heterocycles. The van der Waals surface area contributed by atoms with Crippen LogP contribution in [0.25, 0.3) is 10.8 Å². The second-order valence-electron chi connectivity index (χ2n) is 5.56. The fraction of sp³-hybridized carbons (Fsp3) is 0.211. The molecule has 0 spiro atoms. The number of halogens is 1. The maximum absolute atomic E-state index is 12.5. The number of carbonyl (C=O) groups is 1. The summed E-state index contributed by atoms with van der Waals surface area (Å²) in [7, 11) is 0. The van der Waals surface area contributed by atoms with Gasteiger partial charge >= 0.3 is 5.97 Å². The average Bonchev–Trinajstić information content (AvgIpc) is 2.68. The Morgan fingerprint density at radius 3 is 2.52 bits per heavy atom. The normalized spacial score (nSPS) is 10.7. The first-order chi connectivity index (χ1) is 13.1. The topological polar surface area (TPSA) is 90.7 Å². The molecular formula is C19H17ClN2O5. The van der Waals surface area contributed by atoms with Gasteiger partial charge in [0, 0.05) is 5.39 Å². The van der Waals surface area contributed by atoms with E-state index >= 15 is 0 Å². The van der Waals surface area contributed by atoms with E-state index in [2.05, 4.69) is 5.10 Å². The van der Waals surface area contributed by atoms with Crippen molar-refractivity contribution in [1.29, 1.82) is 0 Å². The van der Waals surface area contributed by atoms with Gasteiger partial charge in [-0.1, -0.05) is 41.9 Å². The SMILES string of the molecule is O=C(OCCOc1ccccc1Cl)c1nn(CCO)c(=O)c2ccccc12. The molecule has 1 heterocycles. The van der Waals surface area contributed by atoms with Crippen molar-refractivity contribution in [3.05, 3.63) is 69.6 Å². The number of hydrogen-bond donors (Lipinski definition) is 1. The van der Waals surface area contributed by atoms with Crippen LogP contribution in [0.3, 0.4) is 0 Å². The van der Waals surface area contributed by atoms with Gasteiger partial charge in [0.05, 0.1) is 23.6 Å². The third-order valence-corrected chi connectivity index (χ3v) is 4.10. The molecular weight excluding hydrogens is 372 g/mol. The minimum atomic E-state index is -0.680. The minimum absolute atomic E-state index is 0.0105. The standard InChI is InChI=1S/C19H17ClN2O5/c20-15-7-3-4-8-16(15)26-11-12-27-19(25)17-13-5-1-2-6-14(13)18(24)22(21-17)9-10-23/h1-8,23H,9-12H2. The molecule has 1 aromatic heterocycles. The van der Waals surface area contributed by atoms with Crippen molar-refractivity contribution in [1.82, 2.24) is 9.78 Å². The molecule has 0 amide bonds. The molecule has 3 aromatic rings. The number of carbonyl (C=O) groups excluding carboxylic acids is 1. The van der Waals surface area contributed by atoms with E-state index in [1.165, 1.54) is 0 Å². The van der Waals surface area contributed by atoms with E-state index in [9.17, 15) is 9.59 Å². The number of para-hydroxylation sites is 1. The van der Waals surface area contributed by atoms with E-state index in [0.717, 1.165) is 4.68 Å². The van der Waals surface area contributed by atoms with Gasteiger partial charge in [0.15, 0.2) is 5.69 Å². The molecule has 0 bridgehead atoms. The lowest BCUT2D eigenvalue weighted by molar-refractivity contribution is 0.0443. The van der Waals surface area contributed by atoms with Crippen LogP contribution >= 0.6 is 11.6 Å². The Hall–Kier alpha value is -2.90. The van der Waals surface area contributed by atoms with Gasteiger partial charge in [0.1, 0.15) is 19.0 Å². The van der Waals surface area contributed by atoms with Crippen LogP contribution in [0.4, 0.5) is 0 Å². The van der Waals surface area contributed by atoms with E-state index in [4.69, 9.17) is 26.2 Å². The molecule has 27 heavy (non-hydrogen) atoms. The number of hydrogen-bond acceptors (Lipinski definition) is 6. The van der Waals surface area contributed by atoms with Gasteiger partial charge in [-0.25, -0.2) is 9.48 Å². The largest absolute Gasteiger partial charge is 0.488 e. The monoisotopic (exact) mass is 388 g/mol. The molecule has 0 radical (unpaired) electrons. The third kappa shape index (κ3) is 4.27. The van der Waals surface area contributed by atoms with Crippen LogP contribution in [0.15, 0.2) is 53.3 Å². The zero-order valence-corrected chi connectivity index (χ0v) is 15.1. The molecule has 7 nitrogen and oxygen atoms in total. The molecule has 0 saturated carbocycles. The number of aromatic nitrogens is 2. The van der Waals surface area contributed by atoms with E-state index < -0.39 is 5.97 Å². The van der Waals surface area contributed by atoms with Crippen molar-refractivity contribution < 1.29 is 19.4 Å². The lowest BCUT2D eigenvalue weighted by Gasteiger charge is -2.11. The van der Waals surface area contributed by atoms with Crippen LogP contribution in [0.2, 0.25) is 5.02 Å². The quantitative estimate of drug-likeness (QED) is 0.493. The minimum Gasteiger partial charge on any atom is -0.488 e. The Morgan fingerprint density at radius 2 is 1.78 bits per heavy atom. The number of esters is 1. The Balaban J connectivity index is 1.74. The van der Waals surface area contributed by atoms with Crippen LogP contribution in [0, 0.1) is 0 Å². The molecule has 0 aliphatic rings. The molecule has 0 unspecified atom stereocenters. The highest BCUT2D eigenvalue weighted by molar-refractivity contribution is 6.32. The van der Waals surface area contributed by atoms with Crippen LogP contribution in [-0.4, -0.2) is 40.7 Å². The first-order valence-corrected chi connectivity index (χ1v) is 8.65. The van der Waals surface area contributed by atoms with Crippen molar-refractivity contribution in [2.75, 3.05) is 19.8 Å². The summed E-state index contributed by atoms with van der Waals surface area (Å²) in [6, 6.07) is 13.6. The molecule has 0 fully saturated rings. The molecule has 3 rings (SSSR count). The smallest absolute Gasteiger partial charge is 0.359 e. The summed E-state index contributed by atoms with van der Waals surface area (Å²) in [5.41, 5.74) is -0.366. The number of ether oxygens (including phenoxy) is 2. The second-order valence-corrected chi connectivity index (χ2v) is 5.97. The lowest BCUT2D eigenvalue weighted by atomic mass is 10.1. The molecule has 0 atom stereocenters. The molecule has 2 aromatic carbocycles. The molecule has 140 valence electrons. The Morgan fingerprint density at radius 1 is 1.07 bits per heavy atom. The molecule has 8 heteroatoms. The number of aliphatic hydroxyl groups excluding tert-OH is 1. The van der Waals surface area contributed by atoms with Gasteiger partial charge in [0.25, 0.3) is 5.56 Å². The van der Waals surface area contributed by atoms with Gasteiger partial charge < -0.3 is 14.6 Å². The molecule has 0 aliphatic carbocycles. The third-order valence-electron chi connectivity index (χ3n) is 3.78. The highest BCUT2D eigenvalue weighted by atomic mass is 35.5. The zero-order chi connectivity index (χ0) is 19.2. The summed E-state index contributed by atoms with van der Waals surface area (Å²) in [4.78, 5) is 24.8. The van der Waals surface area contributed by atoms with Gasteiger partial charge in [-0.15, -0.1) is 0 Å². The fourth-order valence-electron chi connectivity index (χ4n) is 2.55. The summed E-state index contributed by atoms with van der Waals surface area (Å²) in [5.74, 6) is -0.184. The summed E-state index contributed by atoms with van der Waals surface area (Å²) >= 11 is 5.99. The molecule has 1 N–H and O–H groups in total. The van der Waals surface area contributed by atoms with Crippen LogP contribution < -0.4 is 10.3 Å².